The molecule has 2 unspecified atom stereocenters. The van der Waals surface area contributed by atoms with Gasteiger partial charge in [-0.15, -0.1) is 0 Å². The summed E-state index contributed by atoms with van der Waals surface area (Å²) in [5.41, 5.74) is 0.877. The van der Waals surface area contributed by atoms with E-state index in [9.17, 15) is 12.8 Å². The second-order valence-electron chi connectivity index (χ2n) is 5.44. The third-order valence-electron chi connectivity index (χ3n) is 3.54. The lowest BCUT2D eigenvalue weighted by atomic mass is 10.1. The molecule has 1 aliphatic heterocycles. The number of hydrogen-bond acceptors (Lipinski definition) is 3. The fourth-order valence-corrected chi connectivity index (χ4v) is 4.74. The van der Waals surface area contributed by atoms with Gasteiger partial charge in [-0.05, 0) is 51.0 Å². The number of rotatable bonds is 2. The highest BCUT2D eigenvalue weighted by molar-refractivity contribution is 7.89. The van der Waals surface area contributed by atoms with E-state index in [-0.39, 0.29) is 17.0 Å². The van der Waals surface area contributed by atoms with Crippen LogP contribution < -0.4 is 0 Å². The van der Waals surface area contributed by atoms with E-state index in [0.29, 0.717) is 24.3 Å². The van der Waals surface area contributed by atoms with Gasteiger partial charge in [-0.2, -0.15) is 4.31 Å². The molecule has 0 bridgehead atoms. The van der Waals surface area contributed by atoms with Crippen molar-refractivity contribution in [3.05, 3.63) is 29.1 Å². The minimum absolute atomic E-state index is 0.137. The summed E-state index contributed by atoms with van der Waals surface area (Å²) in [6.45, 7) is 7.60. The average molecular weight is 301 g/mol. The molecule has 0 radical (unpaired) electrons. The molecule has 0 aromatic heterocycles. The van der Waals surface area contributed by atoms with E-state index in [1.165, 1.54) is 16.4 Å². The zero-order valence-electron chi connectivity index (χ0n) is 12.2. The van der Waals surface area contributed by atoms with Crippen LogP contribution in [0.3, 0.4) is 0 Å². The van der Waals surface area contributed by atoms with Crippen molar-refractivity contribution in [3.63, 3.8) is 0 Å². The lowest BCUT2D eigenvalue weighted by molar-refractivity contribution is -0.0170. The summed E-state index contributed by atoms with van der Waals surface area (Å²) in [6.07, 6.45) is -0.137. The Kier molecular flexibility index (Phi) is 4.18. The van der Waals surface area contributed by atoms with Gasteiger partial charge in [0.25, 0.3) is 0 Å². The summed E-state index contributed by atoms with van der Waals surface area (Å²) >= 11 is 0. The zero-order chi connectivity index (χ0) is 15.1. The Morgan fingerprint density at radius 1 is 1.25 bits per heavy atom. The van der Waals surface area contributed by atoms with Gasteiger partial charge < -0.3 is 4.74 Å². The number of benzene rings is 1. The van der Waals surface area contributed by atoms with Gasteiger partial charge in [0.05, 0.1) is 17.6 Å². The molecule has 1 saturated heterocycles. The highest BCUT2D eigenvalue weighted by Gasteiger charge is 2.35. The van der Waals surface area contributed by atoms with Crippen molar-refractivity contribution in [2.75, 3.05) is 13.2 Å². The first-order valence-corrected chi connectivity index (χ1v) is 8.07. The van der Waals surface area contributed by atoms with Crippen LogP contribution in [0.2, 0.25) is 0 Å². The molecule has 0 amide bonds. The monoisotopic (exact) mass is 301 g/mol. The summed E-state index contributed by atoms with van der Waals surface area (Å²) in [7, 11) is -3.64. The number of aryl methyl sites for hydroxylation is 2. The van der Waals surface area contributed by atoms with E-state index in [1.54, 1.807) is 13.8 Å². The smallest absolute Gasteiger partial charge is 0.244 e. The van der Waals surface area contributed by atoms with Crippen LogP contribution in [0.25, 0.3) is 0 Å². The van der Waals surface area contributed by atoms with Crippen LogP contribution in [0, 0.1) is 19.7 Å². The van der Waals surface area contributed by atoms with E-state index in [2.05, 4.69) is 0 Å². The predicted octanol–water partition coefficient (Wildman–Crippen LogP) is 2.24. The maximum atomic E-state index is 13.3. The summed E-state index contributed by atoms with van der Waals surface area (Å²) < 4.78 is 46.0. The van der Waals surface area contributed by atoms with Gasteiger partial charge in [0, 0.05) is 12.6 Å². The highest BCUT2D eigenvalue weighted by atomic mass is 32.2. The van der Waals surface area contributed by atoms with Crippen molar-refractivity contribution in [2.24, 2.45) is 0 Å². The molecule has 1 aromatic carbocycles. The summed E-state index contributed by atoms with van der Waals surface area (Å²) in [5.74, 6) is -0.414. The Morgan fingerprint density at radius 3 is 2.35 bits per heavy atom. The molecular weight excluding hydrogens is 281 g/mol. The molecule has 6 heteroatoms. The van der Waals surface area contributed by atoms with Crippen molar-refractivity contribution >= 4 is 10.0 Å². The summed E-state index contributed by atoms with van der Waals surface area (Å²) in [6, 6.07) is 2.29. The van der Waals surface area contributed by atoms with Gasteiger partial charge in [0.1, 0.15) is 5.82 Å². The van der Waals surface area contributed by atoms with Gasteiger partial charge >= 0.3 is 0 Å². The van der Waals surface area contributed by atoms with Crippen molar-refractivity contribution in [2.45, 2.75) is 44.7 Å². The molecule has 4 nitrogen and oxygen atoms in total. The van der Waals surface area contributed by atoms with Crippen LogP contribution in [0.1, 0.15) is 25.0 Å². The molecular formula is C14H20FNO3S. The van der Waals surface area contributed by atoms with Crippen LogP contribution >= 0.6 is 0 Å². The van der Waals surface area contributed by atoms with Crippen LogP contribution in [-0.2, 0) is 14.8 Å². The third-order valence-corrected chi connectivity index (χ3v) is 5.83. The Bertz CT molecular complexity index is 592. The summed E-state index contributed by atoms with van der Waals surface area (Å²) in [4.78, 5) is 0.208. The minimum atomic E-state index is -3.64. The first-order chi connectivity index (χ1) is 9.23. The first-order valence-electron chi connectivity index (χ1n) is 6.63. The average Bonchev–Trinajstić information content (AvgIpc) is 2.30. The standard InChI is InChI=1S/C14H20FNO3S/c1-9-5-13(15)6-10(2)14(9)20(17,18)16-7-12(4)19-8-11(16)3/h5-6,11-12H,7-8H2,1-4H3. The van der Waals surface area contributed by atoms with Crippen LogP contribution in [-0.4, -0.2) is 38.0 Å². The number of morpholine rings is 1. The lowest BCUT2D eigenvalue weighted by Gasteiger charge is -2.36. The Labute approximate surface area is 119 Å². The molecule has 0 N–H and O–H groups in total. The van der Waals surface area contributed by atoms with Crippen molar-refractivity contribution < 1.29 is 17.5 Å². The molecule has 1 aromatic rings. The van der Waals surface area contributed by atoms with Gasteiger partial charge in [-0.3, -0.25) is 0 Å². The van der Waals surface area contributed by atoms with Gasteiger partial charge in [0.15, 0.2) is 0 Å². The molecule has 2 rings (SSSR count). The van der Waals surface area contributed by atoms with E-state index >= 15 is 0 Å². The highest BCUT2D eigenvalue weighted by Crippen LogP contribution is 2.28. The largest absolute Gasteiger partial charge is 0.375 e. The molecule has 1 fully saturated rings. The summed E-state index contributed by atoms with van der Waals surface area (Å²) in [5, 5.41) is 0. The predicted molar refractivity (Wildman–Crippen MR) is 74.6 cm³/mol. The number of nitrogens with zero attached hydrogens (tertiary/aromatic N) is 1. The second-order valence-corrected chi connectivity index (χ2v) is 7.26. The van der Waals surface area contributed by atoms with Gasteiger partial charge in [-0.1, -0.05) is 0 Å². The maximum Gasteiger partial charge on any atom is 0.244 e. The van der Waals surface area contributed by atoms with E-state index in [4.69, 9.17) is 4.74 Å². The number of halogens is 1. The molecule has 1 aliphatic rings. The zero-order valence-corrected chi connectivity index (χ0v) is 13.0. The SMILES string of the molecule is Cc1cc(F)cc(C)c1S(=O)(=O)N1CC(C)OCC1C. The normalized spacial score (nSPS) is 24.9. The Balaban J connectivity index is 2.50. The molecule has 0 spiro atoms. The van der Waals surface area contributed by atoms with Crippen LogP contribution in [0.4, 0.5) is 4.39 Å². The van der Waals surface area contributed by atoms with Gasteiger partial charge in [-0.25, -0.2) is 12.8 Å². The molecule has 112 valence electrons. The molecule has 0 saturated carbocycles. The lowest BCUT2D eigenvalue weighted by Crippen LogP contribution is -2.50. The van der Waals surface area contributed by atoms with Crippen molar-refractivity contribution in [1.82, 2.24) is 4.31 Å². The fraction of sp³-hybridized carbons (Fsp3) is 0.571. The van der Waals surface area contributed by atoms with E-state index < -0.39 is 15.8 Å². The number of sulfonamides is 1. The maximum absolute atomic E-state index is 13.3. The van der Waals surface area contributed by atoms with Gasteiger partial charge in [0.2, 0.25) is 10.0 Å². The second kappa shape index (κ2) is 5.42. The Hall–Kier alpha value is -0.980. The number of ether oxygens (including phenoxy) is 1. The minimum Gasteiger partial charge on any atom is -0.375 e. The van der Waals surface area contributed by atoms with Crippen molar-refractivity contribution in [3.8, 4) is 0 Å². The molecule has 1 heterocycles. The molecule has 0 aliphatic carbocycles. The van der Waals surface area contributed by atoms with E-state index in [0.717, 1.165) is 0 Å². The van der Waals surface area contributed by atoms with Crippen molar-refractivity contribution in [1.29, 1.82) is 0 Å². The molecule has 20 heavy (non-hydrogen) atoms. The van der Waals surface area contributed by atoms with E-state index in [1.807, 2.05) is 13.8 Å². The van der Waals surface area contributed by atoms with Crippen LogP contribution in [0.5, 0.6) is 0 Å². The topological polar surface area (TPSA) is 46.6 Å². The third kappa shape index (κ3) is 2.73. The first kappa shape index (κ1) is 15.4. The molecule has 2 atom stereocenters. The fourth-order valence-electron chi connectivity index (χ4n) is 2.63. The quantitative estimate of drug-likeness (QED) is 0.841. The Morgan fingerprint density at radius 2 is 1.80 bits per heavy atom. The number of hydrogen-bond donors (Lipinski definition) is 0. The van der Waals surface area contributed by atoms with Crippen LogP contribution in [0.15, 0.2) is 17.0 Å².